The number of amides is 2. The number of carbonyl (C=O) groups is 2. The quantitative estimate of drug-likeness (QED) is 0.791. The number of hydrogen-bond donors (Lipinski definition) is 2. The van der Waals surface area contributed by atoms with Gasteiger partial charge >= 0.3 is 12.0 Å². The van der Waals surface area contributed by atoms with Crippen LogP contribution in [0.25, 0.3) is 0 Å². The Morgan fingerprint density at radius 1 is 1.19 bits per heavy atom. The zero-order valence-electron chi connectivity index (χ0n) is 15.1. The molecule has 6 nitrogen and oxygen atoms in total. The summed E-state index contributed by atoms with van der Waals surface area (Å²) in [7, 11) is 0. The fourth-order valence-electron chi connectivity index (χ4n) is 3.60. The van der Waals surface area contributed by atoms with Gasteiger partial charge in [-0.25, -0.2) is 4.79 Å². The second-order valence-corrected chi connectivity index (χ2v) is 6.78. The van der Waals surface area contributed by atoms with E-state index in [0.29, 0.717) is 12.3 Å². The van der Waals surface area contributed by atoms with Crippen LogP contribution in [0.5, 0.6) is 5.75 Å². The predicted octanol–water partition coefficient (Wildman–Crippen LogP) is 3.45. The van der Waals surface area contributed by atoms with Gasteiger partial charge in [-0.05, 0) is 50.3 Å². The Bertz CT molecular complexity index is 665. The van der Waals surface area contributed by atoms with Gasteiger partial charge in [-0.1, -0.05) is 25.1 Å². The number of urea groups is 1. The molecule has 26 heavy (non-hydrogen) atoms. The van der Waals surface area contributed by atoms with Crippen LogP contribution in [-0.2, 0) is 9.53 Å². The summed E-state index contributed by atoms with van der Waals surface area (Å²) in [6.07, 6.45) is 5.12. The van der Waals surface area contributed by atoms with Crippen LogP contribution >= 0.6 is 0 Å². The highest BCUT2D eigenvalue weighted by Gasteiger charge is 2.39. The lowest BCUT2D eigenvalue weighted by Crippen LogP contribution is -2.51. The molecular weight excluding hydrogens is 332 g/mol. The lowest BCUT2D eigenvalue weighted by Gasteiger charge is -2.34. The third kappa shape index (κ3) is 4.18. The first-order valence-electron chi connectivity index (χ1n) is 9.28. The van der Waals surface area contributed by atoms with Gasteiger partial charge in [0.15, 0.2) is 0 Å². The minimum absolute atomic E-state index is 0.0392. The van der Waals surface area contributed by atoms with Crippen molar-refractivity contribution in [2.24, 2.45) is 5.92 Å². The van der Waals surface area contributed by atoms with E-state index in [0.717, 1.165) is 37.0 Å². The summed E-state index contributed by atoms with van der Waals surface area (Å²) in [5.41, 5.74) is 1.18. The first-order chi connectivity index (χ1) is 12.6. The molecule has 1 aliphatic heterocycles. The minimum Gasteiger partial charge on any atom is -0.494 e. The normalized spacial score (nSPS) is 23.7. The molecule has 0 bridgehead atoms. The summed E-state index contributed by atoms with van der Waals surface area (Å²) in [4.78, 5) is 24.8. The van der Waals surface area contributed by atoms with Gasteiger partial charge in [-0.3, -0.25) is 4.79 Å². The number of carbonyl (C=O) groups excluding carboxylic acids is 2. The standard InChI is InChI=1S/C20H26N2O4/c1-3-25-15-11-9-14(10-12-15)18-17(13(2)21-20(24)22-18)19(23)26-16-7-5-4-6-8-16/h9-12,16-18H,2-8H2,1H3,(H2,21,22,24). The molecule has 2 N–H and O–H groups in total. The lowest BCUT2D eigenvalue weighted by atomic mass is 9.88. The van der Waals surface area contributed by atoms with E-state index in [1.54, 1.807) is 0 Å². The molecule has 0 spiro atoms. The van der Waals surface area contributed by atoms with Gasteiger partial charge in [0.1, 0.15) is 17.8 Å². The molecule has 0 aromatic heterocycles. The third-order valence-electron chi connectivity index (χ3n) is 4.91. The van der Waals surface area contributed by atoms with Crippen molar-refractivity contribution in [1.82, 2.24) is 10.6 Å². The van der Waals surface area contributed by atoms with E-state index < -0.39 is 12.0 Å². The molecule has 2 aliphatic rings. The molecule has 1 saturated carbocycles. The van der Waals surface area contributed by atoms with Crippen LogP contribution < -0.4 is 15.4 Å². The molecule has 3 rings (SSSR count). The Labute approximate surface area is 153 Å². The van der Waals surface area contributed by atoms with Crippen molar-refractivity contribution in [2.75, 3.05) is 6.61 Å². The fraction of sp³-hybridized carbons (Fsp3) is 0.500. The largest absolute Gasteiger partial charge is 0.494 e. The first-order valence-corrected chi connectivity index (χ1v) is 9.28. The van der Waals surface area contributed by atoms with E-state index in [-0.39, 0.29) is 18.1 Å². The molecule has 1 heterocycles. The average molecular weight is 358 g/mol. The minimum atomic E-state index is -0.660. The molecule has 1 aliphatic carbocycles. The van der Waals surface area contributed by atoms with Gasteiger partial charge < -0.3 is 20.1 Å². The molecule has 2 unspecified atom stereocenters. The molecular formula is C20H26N2O4. The van der Waals surface area contributed by atoms with Crippen LogP contribution in [0, 0.1) is 5.92 Å². The summed E-state index contributed by atoms with van der Waals surface area (Å²) in [6.45, 7) is 6.38. The fourth-order valence-corrected chi connectivity index (χ4v) is 3.60. The highest BCUT2D eigenvalue weighted by molar-refractivity contribution is 5.85. The maximum Gasteiger partial charge on any atom is 0.319 e. The molecule has 1 aromatic carbocycles. The Morgan fingerprint density at radius 3 is 2.54 bits per heavy atom. The van der Waals surface area contributed by atoms with Crippen LogP contribution in [0.4, 0.5) is 4.79 Å². The van der Waals surface area contributed by atoms with Crippen LogP contribution in [0.1, 0.15) is 50.6 Å². The summed E-state index contributed by atoms with van der Waals surface area (Å²) >= 11 is 0. The van der Waals surface area contributed by atoms with E-state index >= 15 is 0 Å². The van der Waals surface area contributed by atoms with Gasteiger partial charge in [0, 0.05) is 5.70 Å². The topological polar surface area (TPSA) is 76.7 Å². The predicted molar refractivity (Wildman–Crippen MR) is 97.6 cm³/mol. The lowest BCUT2D eigenvalue weighted by molar-refractivity contribution is -0.155. The van der Waals surface area contributed by atoms with Crippen LogP contribution in [0.3, 0.4) is 0 Å². The Kier molecular flexibility index (Phi) is 5.81. The van der Waals surface area contributed by atoms with Crippen molar-refractivity contribution < 1.29 is 19.1 Å². The molecule has 2 amide bonds. The highest BCUT2D eigenvalue weighted by atomic mass is 16.5. The van der Waals surface area contributed by atoms with Crippen LogP contribution in [0.15, 0.2) is 36.5 Å². The van der Waals surface area contributed by atoms with E-state index in [1.807, 2.05) is 31.2 Å². The van der Waals surface area contributed by atoms with E-state index in [4.69, 9.17) is 9.47 Å². The maximum atomic E-state index is 12.8. The Morgan fingerprint density at radius 2 is 1.88 bits per heavy atom. The summed E-state index contributed by atoms with van der Waals surface area (Å²) in [6, 6.07) is 6.50. The highest BCUT2D eigenvalue weighted by Crippen LogP contribution is 2.32. The van der Waals surface area contributed by atoms with Crippen molar-refractivity contribution in [3.63, 3.8) is 0 Å². The number of hydrogen-bond acceptors (Lipinski definition) is 4. The third-order valence-corrected chi connectivity index (χ3v) is 4.91. The molecule has 140 valence electrons. The SMILES string of the molecule is C=C1NC(=O)NC(c2ccc(OCC)cc2)C1C(=O)OC1CCCCC1. The number of esters is 1. The molecule has 6 heteroatoms. The number of ether oxygens (including phenoxy) is 2. The summed E-state index contributed by atoms with van der Waals surface area (Å²) in [5, 5.41) is 5.44. The summed E-state index contributed by atoms with van der Waals surface area (Å²) in [5.74, 6) is -0.252. The van der Waals surface area contributed by atoms with Gasteiger partial charge in [-0.15, -0.1) is 0 Å². The average Bonchev–Trinajstić information content (AvgIpc) is 2.62. The second-order valence-electron chi connectivity index (χ2n) is 6.78. The van der Waals surface area contributed by atoms with E-state index in [2.05, 4.69) is 17.2 Å². The van der Waals surface area contributed by atoms with Gasteiger partial charge in [0.25, 0.3) is 0 Å². The first kappa shape index (κ1) is 18.3. The van der Waals surface area contributed by atoms with Crippen molar-refractivity contribution >= 4 is 12.0 Å². The zero-order chi connectivity index (χ0) is 18.5. The Hall–Kier alpha value is -2.50. The van der Waals surface area contributed by atoms with E-state index in [1.165, 1.54) is 6.42 Å². The van der Waals surface area contributed by atoms with Crippen molar-refractivity contribution in [3.8, 4) is 5.75 Å². The zero-order valence-corrected chi connectivity index (χ0v) is 15.1. The number of benzene rings is 1. The van der Waals surface area contributed by atoms with Crippen molar-refractivity contribution in [2.45, 2.75) is 51.2 Å². The number of rotatable bonds is 5. The molecule has 2 atom stereocenters. The maximum absolute atomic E-state index is 12.8. The Balaban J connectivity index is 1.78. The van der Waals surface area contributed by atoms with Gasteiger partial charge in [0.05, 0.1) is 12.6 Å². The van der Waals surface area contributed by atoms with Crippen LogP contribution in [-0.4, -0.2) is 24.7 Å². The molecule has 0 radical (unpaired) electrons. The van der Waals surface area contributed by atoms with Gasteiger partial charge in [-0.2, -0.15) is 0 Å². The molecule has 2 fully saturated rings. The van der Waals surface area contributed by atoms with E-state index in [9.17, 15) is 9.59 Å². The van der Waals surface area contributed by atoms with Gasteiger partial charge in [0.2, 0.25) is 0 Å². The molecule has 1 aromatic rings. The van der Waals surface area contributed by atoms with Crippen LogP contribution in [0.2, 0.25) is 0 Å². The van der Waals surface area contributed by atoms with Crippen molar-refractivity contribution in [1.29, 1.82) is 0 Å². The molecule has 1 saturated heterocycles. The smallest absolute Gasteiger partial charge is 0.319 e. The van der Waals surface area contributed by atoms with Crippen molar-refractivity contribution in [3.05, 3.63) is 42.1 Å². The second kappa shape index (κ2) is 8.25. The monoisotopic (exact) mass is 358 g/mol. The number of nitrogens with one attached hydrogen (secondary N) is 2. The summed E-state index contributed by atoms with van der Waals surface area (Å²) < 4.78 is 11.2.